The van der Waals surface area contributed by atoms with E-state index < -0.39 is 15.4 Å². The third-order valence-corrected chi connectivity index (χ3v) is 6.18. The van der Waals surface area contributed by atoms with E-state index in [-0.39, 0.29) is 16.8 Å². The van der Waals surface area contributed by atoms with Crippen LogP contribution in [0.3, 0.4) is 0 Å². The van der Waals surface area contributed by atoms with Crippen molar-refractivity contribution in [1.82, 2.24) is 4.72 Å². The van der Waals surface area contributed by atoms with Crippen molar-refractivity contribution in [3.8, 4) is 0 Å². The Labute approximate surface area is 147 Å². The molecule has 25 heavy (non-hydrogen) atoms. The molecule has 2 aromatic rings. The molecule has 1 aliphatic rings. The van der Waals surface area contributed by atoms with Gasteiger partial charge in [-0.05, 0) is 56.7 Å². The Morgan fingerprint density at radius 2 is 2.00 bits per heavy atom. The number of amides is 1. The van der Waals surface area contributed by atoms with Gasteiger partial charge in [-0.2, -0.15) is 0 Å². The maximum Gasteiger partial charge on any atom is 0.240 e. The van der Waals surface area contributed by atoms with Gasteiger partial charge in [0.05, 0.1) is 16.6 Å². The van der Waals surface area contributed by atoms with Crippen LogP contribution in [0.5, 0.6) is 0 Å². The van der Waals surface area contributed by atoms with Gasteiger partial charge in [0, 0.05) is 25.2 Å². The SMILES string of the molecule is CC(Cc1ccco1)NS(=O)(=O)c1ccc2c(c1)C(C)(C)C(=O)N2C. The highest BCUT2D eigenvalue weighted by atomic mass is 32.2. The number of hydrogen-bond donors (Lipinski definition) is 1. The highest BCUT2D eigenvalue weighted by Crippen LogP contribution is 2.41. The molecule has 1 unspecified atom stereocenters. The predicted octanol–water partition coefficient (Wildman–Crippen LogP) is 2.44. The molecule has 7 heteroatoms. The molecule has 0 aliphatic carbocycles. The summed E-state index contributed by atoms with van der Waals surface area (Å²) in [5.74, 6) is 0.675. The first-order chi connectivity index (χ1) is 11.6. The van der Waals surface area contributed by atoms with Crippen molar-refractivity contribution in [3.63, 3.8) is 0 Å². The first-order valence-electron chi connectivity index (χ1n) is 8.10. The predicted molar refractivity (Wildman–Crippen MR) is 95.1 cm³/mol. The Bertz CT molecular complexity index is 901. The molecule has 0 spiro atoms. The van der Waals surface area contributed by atoms with Gasteiger partial charge in [0.25, 0.3) is 0 Å². The van der Waals surface area contributed by atoms with Crippen LogP contribution >= 0.6 is 0 Å². The molecule has 6 nitrogen and oxygen atoms in total. The Kier molecular flexibility index (Phi) is 4.25. The van der Waals surface area contributed by atoms with Crippen LogP contribution in [0.1, 0.15) is 32.1 Å². The molecule has 1 amide bonds. The lowest BCUT2D eigenvalue weighted by atomic mass is 9.86. The summed E-state index contributed by atoms with van der Waals surface area (Å²) in [6.45, 7) is 5.40. The minimum Gasteiger partial charge on any atom is -0.469 e. The van der Waals surface area contributed by atoms with Crippen LogP contribution in [0.25, 0.3) is 0 Å². The van der Waals surface area contributed by atoms with Gasteiger partial charge in [0.15, 0.2) is 0 Å². The molecule has 1 atom stereocenters. The number of nitrogens with zero attached hydrogens (tertiary/aromatic N) is 1. The quantitative estimate of drug-likeness (QED) is 0.886. The van der Waals surface area contributed by atoms with E-state index in [1.807, 2.05) is 6.07 Å². The zero-order chi connectivity index (χ0) is 18.4. The van der Waals surface area contributed by atoms with Gasteiger partial charge in [-0.25, -0.2) is 13.1 Å². The second kappa shape index (κ2) is 6.00. The standard InChI is InChI=1S/C18H22N2O4S/c1-12(10-13-6-5-9-24-13)19-25(22,23)14-7-8-16-15(11-14)18(2,3)17(21)20(16)4/h5-9,11-12,19H,10H2,1-4H3. The Morgan fingerprint density at radius 3 is 2.64 bits per heavy atom. The fourth-order valence-electron chi connectivity index (χ4n) is 3.22. The van der Waals surface area contributed by atoms with Crippen molar-refractivity contribution in [1.29, 1.82) is 0 Å². The summed E-state index contributed by atoms with van der Waals surface area (Å²) >= 11 is 0. The van der Waals surface area contributed by atoms with E-state index in [1.54, 1.807) is 57.2 Å². The van der Waals surface area contributed by atoms with Gasteiger partial charge in [-0.3, -0.25) is 4.79 Å². The Balaban J connectivity index is 1.87. The molecule has 0 radical (unpaired) electrons. The Hall–Kier alpha value is -2.12. The van der Waals surface area contributed by atoms with Gasteiger partial charge in [0.1, 0.15) is 5.76 Å². The average molecular weight is 362 g/mol. The van der Waals surface area contributed by atoms with Crippen molar-refractivity contribution in [2.45, 2.75) is 43.5 Å². The summed E-state index contributed by atoms with van der Waals surface area (Å²) in [6.07, 6.45) is 2.02. The topological polar surface area (TPSA) is 79.6 Å². The van der Waals surface area contributed by atoms with Gasteiger partial charge in [0.2, 0.25) is 15.9 Å². The van der Waals surface area contributed by atoms with Crippen LogP contribution in [-0.2, 0) is 26.7 Å². The smallest absolute Gasteiger partial charge is 0.240 e. The lowest BCUT2D eigenvalue weighted by Crippen LogP contribution is -2.34. The molecule has 2 heterocycles. The van der Waals surface area contributed by atoms with Crippen molar-refractivity contribution in [2.24, 2.45) is 0 Å². The molecular weight excluding hydrogens is 340 g/mol. The fourth-order valence-corrected chi connectivity index (χ4v) is 4.49. The van der Waals surface area contributed by atoms with Crippen molar-refractivity contribution < 1.29 is 17.6 Å². The number of rotatable bonds is 5. The van der Waals surface area contributed by atoms with Crippen LogP contribution in [-0.4, -0.2) is 27.4 Å². The maximum atomic E-state index is 12.7. The third kappa shape index (κ3) is 3.09. The fraction of sp³-hybridized carbons (Fsp3) is 0.389. The summed E-state index contributed by atoms with van der Waals surface area (Å²) in [6, 6.07) is 8.08. The molecule has 1 aromatic carbocycles. The summed E-state index contributed by atoms with van der Waals surface area (Å²) in [4.78, 5) is 14.1. The van der Waals surface area contributed by atoms with E-state index in [4.69, 9.17) is 4.42 Å². The number of sulfonamides is 1. The van der Waals surface area contributed by atoms with E-state index in [0.29, 0.717) is 6.42 Å². The second-order valence-electron chi connectivity index (χ2n) is 6.97. The number of fused-ring (bicyclic) bond motifs is 1. The van der Waals surface area contributed by atoms with E-state index in [1.165, 1.54) is 6.07 Å². The Morgan fingerprint density at radius 1 is 1.28 bits per heavy atom. The summed E-state index contributed by atoms with van der Waals surface area (Å²) in [5, 5.41) is 0. The molecule has 0 saturated carbocycles. The summed E-state index contributed by atoms with van der Waals surface area (Å²) in [5.41, 5.74) is 0.731. The van der Waals surface area contributed by atoms with E-state index in [2.05, 4.69) is 4.72 Å². The lowest BCUT2D eigenvalue weighted by Gasteiger charge is -2.17. The van der Waals surface area contributed by atoms with Crippen molar-refractivity contribution in [2.75, 3.05) is 11.9 Å². The molecule has 1 aliphatic heterocycles. The highest BCUT2D eigenvalue weighted by Gasteiger charge is 2.42. The van der Waals surface area contributed by atoms with Crippen molar-refractivity contribution in [3.05, 3.63) is 47.9 Å². The monoisotopic (exact) mass is 362 g/mol. The second-order valence-corrected chi connectivity index (χ2v) is 8.69. The first-order valence-corrected chi connectivity index (χ1v) is 9.58. The molecule has 1 aromatic heterocycles. The van der Waals surface area contributed by atoms with Gasteiger partial charge >= 0.3 is 0 Å². The molecule has 134 valence electrons. The van der Waals surface area contributed by atoms with E-state index in [9.17, 15) is 13.2 Å². The average Bonchev–Trinajstić information content (AvgIpc) is 3.09. The summed E-state index contributed by atoms with van der Waals surface area (Å²) in [7, 11) is -1.99. The van der Waals surface area contributed by atoms with Gasteiger partial charge in [-0.15, -0.1) is 0 Å². The molecule has 0 fully saturated rings. The molecule has 0 bridgehead atoms. The lowest BCUT2D eigenvalue weighted by molar-refractivity contribution is -0.121. The minimum atomic E-state index is -3.69. The first kappa shape index (κ1) is 17.7. The number of nitrogens with one attached hydrogen (secondary N) is 1. The number of carbonyl (C=O) groups excluding carboxylic acids is 1. The molecule has 1 N–H and O–H groups in total. The zero-order valence-corrected chi connectivity index (χ0v) is 15.6. The van der Waals surface area contributed by atoms with Crippen LogP contribution < -0.4 is 9.62 Å². The highest BCUT2D eigenvalue weighted by molar-refractivity contribution is 7.89. The number of hydrogen-bond acceptors (Lipinski definition) is 4. The van der Waals surface area contributed by atoms with Gasteiger partial charge < -0.3 is 9.32 Å². The number of furan rings is 1. The van der Waals surface area contributed by atoms with Crippen LogP contribution in [0.4, 0.5) is 5.69 Å². The summed E-state index contributed by atoms with van der Waals surface area (Å²) < 4.78 is 33.3. The van der Waals surface area contributed by atoms with E-state index >= 15 is 0 Å². The number of anilines is 1. The molecule has 3 rings (SSSR count). The minimum absolute atomic E-state index is 0.0452. The van der Waals surface area contributed by atoms with Crippen LogP contribution in [0.2, 0.25) is 0 Å². The number of carbonyl (C=O) groups is 1. The maximum absolute atomic E-state index is 12.7. The number of likely N-dealkylation sites (N-methyl/N-ethyl adjacent to an activating group) is 1. The third-order valence-electron chi connectivity index (χ3n) is 4.60. The van der Waals surface area contributed by atoms with Crippen LogP contribution in [0, 0.1) is 0 Å². The molecule has 0 saturated heterocycles. The zero-order valence-electron chi connectivity index (χ0n) is 14.7. The number of benzene rings is 1. The van der Waals surface area contributed by atoms with Crippen molar-refractivity contribution >= 4 is 21.6 Å². The van der Waals surface area contributed by atoms with E-state index in [0.717, 1.165) is 17.0 Å². The molecular formula is C18H22N2O4S. The van der Waals surface area contributed by atoms with Gasteiger partial charge in [-0.1, -0.05) is 0 Å². The largest absolute Gasteiger partial charge is 0.469 e. The van der Waals surface area contributed by atoms with Crippen LogP contribution in [0.15, 0.2) is 45.9 Å². The normalized spacial score (nSPS) is 17.6.